The zero-order valence-corrected chi connectivity index (χ0v) is 19.4. The van der Waals surface area contributed by atoms with Gasteiger partial charge in [-0.05, 0) is 55.4 Å². The number of rotatable bonds is 5. The quantitative estimate of drug-likeness (QED) is 0.646. The maximum absolute atomic E-state index is 13.6. The van der Waals surface area contributed by atoms with E-state index in [1.165, 1.54) is 7.11 Å². The molecular formula is C24H32O6S. The van der Waals surface area contributed by atoms with Gasteiger partial charge >= 0.3 is 5.97 Å². The molecular weight excluding hydrogens is 416 g/mol. The number of ketones is 3. The Morgan fingerprint density at radius 1 is 1.16 bits per heavy atom. The molecule has 6 nitrogen and oxygen atoms in total. The molecule has 0 aromatic rings. The molecule has 7 heteroatoms. The van der Waals surface area contributed by atoms with E-state index >= 15 is 0 Å². The summed E-state index contributed by atoms with van der Waals surface area (Å²) < 4.78 is 4.62. The number of Topliss-reactive ketones (excluding diaryl/α,β-unsaturated/α-hetero) is 2. The highest BCUT2D eigenvalue weighted by molar-refractivity contribution is 8.00. The molecule has 0 aliphatic heterocycles. The Balaban J connectivity index is 1.58. The van der Waals surface area contributed by atoms with Gasteiger partial charge in [0.15, 0.2) is 11.6 Å². The molecule has 31 heavy (non-hydrogen) atoms. The lowest BCUT2D eigenvalue weighted by Gasteiger charge is -2.57. The van der Waals surface area contributed by atoms with Crippen molar-refractivity contribution in [1.29, 1.82) is 0 Å². The molecule has 0 unspecified atom stereocenters. The van der Waals surface area contributed by atoms with Crippen molar-refractivity contribution in [2.24, 2.45) is 28.6 Å². The molecule has 0 amide bonds. The Morgan fingerprint density at radius 2 is 1.90 bits per heavy atom. The fourth-order valence-electron chi connectivity index (χ4n) is 7.25. The van der Waals surface area contributed by atoms with E-state index < -0.39 is 17.0 Å². The van der Waals surface area contributed by atoms with Crippen molar-refractivity contribution in [1.82, 2.24) is 0 Å². The first kappa shape index (κ1) is 22.7. The number of ether oxygens (including phenoxy) is 1. The van der Waals surface area contributed by atoms with Crippen LogP contribution < -0.4 is 0 Å². The summed E-state index contributed by atoms with van der Waals surface area (Å²) in [6.07, 6.45) is 5.88. The second-order valence-electron chi connectivity index (χ2n) is 10.3. The average Bonchev–Trinajstić information content (AvgIpc) is 2.99. The van der Waals surface area contributed by atoms with Crippen molar-refractivity contribution in [2.45, 2.75) is 64.4 Å². The Morgan fingerprint density at radius 3 is 2.61 bits per heavy atom. The van der Waals surface area contributed by atoms with Gasteiger partial charge in [-0.15, -0.1) is 11.8 Å². The lowest BCUT2D eigenvalue weighted by Crippen LogP contribution is -2.60. The second kappa shape index (κ2) is 7.84. The van der Waals surface area contributed by atoms with Crippen LogP contribution in [0.2, 0.25) is 0 Å². The van der Waals surface area contributed by atoms with Gasteiger partial charge in [0.1, 0.15) is 11.4 Å². The third-order valence-electron chi connectivity index (χ3n) is 8.95. The fraction of sp³-hybridized carbons (Fsp3) is 0.750. The van der Waals surface area contributed by atoms with Gasteiger partial charge in [0.25, 0.3) is 0 Å². The molecule has 3 saturated carbocycles. The first-order valence-electron chi connectivity index (χ1n) is 11.2. The monoisotopic (exact) mass is 448 g/mol. The van der Waals surface area contributed by atoms with Gasteiger partial charge < -0.3 is 9.84 Å². The number of allylic oxidation sites excluding steroid dienone is 1. The summed E-state index contributed by atoms with van der Waals surface area (Å²) in [5, 5.41) is 11.6. The molecule has 0 aromatic carbocycles. The van der Waals surface area contributed by atoms with E-state index in [0.29, 0.717) is 19.3 Å². The Labute approximate surface area is 187 Å². The van der Waals surface area contributed by atoms with Crippen LogP contribution in [0.4, 0.5) is 0 Å². The topological polar surface area (TPSA) is 97.7 Å². The molecule has 0 bridgehead atoms. The first-order chi connectivity index (χ1) is 14.6. The molecule has 0 radical (unpaired) electrons. The molecule has 0 aromatic heterocycles. The van der Waals surface area contributed by atoms with E-state index in [0.717, 1.165) is 36.6 Å². The molecule has 1 N–H and O–H groups in total. The van der Waals surface area contributed by atoms with Crippen LogP contribution in [0.3, 0.4) is 0 Å². The first-order valence-corrected chi connectivity index (χ1v) is 12.4. The summed E-state index contributed by atoms with van der Waals surface area (Å²) in [7, 11) is 1.30. The minimum Gasteiger partial charge on any atom is -0.468 e. The van der Waals surface area contributed by atoms with Gasteiger partial charge in [0.05, 0.1) is 18.6 Å². The SMILES string of the molecule is COC(=O)CSCC(=O)[C@@]1(O)CC[C@H]2[C@@H]3CCC4=CC(=O)CC[C@]4(C)[C@H]3C(=O)C[C@@]21C. The van der Waals surface area contributed by atoms with Crippen molar-refractivity contribution in [2.75, 3.05) is 18.6 Å². The van der Waals surface area contributed by atoms with Crippen LogP contribution in [-0.2, 0) is 23.9 Å². The van der Waals surface area contributed by atoms with E-state index in [1.54, 1.807) is 6.08 Å². The van der Waals surface area contributed by atoms with Gasteiger partial charge in [-0.25, -0.2) is 0 Å². The smallest absolute Gasteiger partial charge is 0.315 e. The lowest BCUT2D eigenvalue weighted by molar-refractivity contribution is -0.167. The number of hydrogen-bond acceptors (Lipinski definition) is 7. The van der Waals surface area contributed by atoms with Gasteiger partial charge in [0.2, 0.25) is 0 Å². The minimum absolute atomic E-state index is 0.0307. The van der Waals surface area contributed by atoms with Crippen molar-refractivity contribution < 1.29 is 29.0 Å². The molecule has 0 spiro atoms. The van der Waals surface area contributed by atoms with Crippen LogP contribution in [0.15, 0.2) is 11.6 Å². The van der Waals surface area contributed by atoms with Crippen molar-refractivity contribution in [3.63, 3.8) is 0 Å². The number of carbonyl (C=O) groups is 4. The lowest BCUT2D eigenvalue weighted by atomic mass is 9.46. The fourth-order valence-corrected chi connectivity index (χ4v) is 8.06. The predicted octanol–water partition coefficient (Wildman–Crippen LogP) is 2.90. The third kappa shape index (κ3) is 3.34. The van der Waals surface area contributed by atoms with E-state index in [1.807, 2.05) is 6.92 Å². The van der Waals surface area contributed by atoms with Gasteiger partial charge in [-0.3, -0.25) is 19.2 Å². The number of aliphatic hydroxyl groups is 1. The summed E-state index contributed by atoms with van der Waals surface area (Å²) >= 11 is 1.15. The molecule has 0 heterocycles. The maximum Gasteiger partial charge on any atom is 0.315 e. The summed E-state index contributed by atoms with van der Waals surface area (Å²) in [4.78, 5) is 50.0. The summed E-state index contributed by atoms with van der Waals surface area (Å²) in [6, 6.07) is 0. The Kier molecular flexibility index (Phi) is 5.74. The van der Waals surface area contributed by atoms with Crippen molar-refractivity contribution >= 4 is 35.1 Å². The van der Waals surface area contributed by atoms with Crippen LogP contribution in [-0.4, -0.2) is 52.6 Å². The summed E-state index contributed by atoms with van der Waals surface area (Å²) in [5.74, 6) is -0.214. The van der Waals surface area contributed by atoms with E-state index in [4.69, 9.17) is 0 Å². The largest absolute Gasteiger partial charge is 0.468 e. The minimum atomic E-state index is -1.54. The number of esters is 1. The number of methoxy groups -OCH3 is 1. The zero-order valence-electron chi connectivity index (χ0n) is 18.6. The van der Waals surface area contributed by atoms with Gasteiger partial charge in [-0.2, -0.15) is 0 Å². The van der Waals surface area contributed by atoms with Crippen molar-refractivity contribution in [3.05, 3.63) is 11.6 Å². The molecule has 3 fully saturated rings. The van der Waals surface area contributed by atoms with E-state index in [2.05, 4.69) is 11.7 Å². The highest BCUT2D eigenvalue weighted by Gasteiger charge is 2.68. The van der Waals surface area contributed by atoms with Crippen molar-refractivity contribution in [3.8, 4) is 0 Å². The third-order valence-corrected chi connectivity index (χ3v) is 9.85. The number of carbonyl (C=O) groups excluding carboxylic acids is 4. The summed E-state index contributed by atoms with van der Waals surface area (Å²) in [5.41, 5.74) is -1.49. The molecule has 0 saturated heterocycles. The van der Waals surface area contributed by atoms with E-state index in [9.17, 15) is 24.3 Å². The normalized spacial score (nSPS) is 41.7. The van der Waals surface area contributed by atoms with E-state index in [-0.39, 0.29) is 58.4 Å². The highest BCUT2D eigenvalue weighted by atomic mass is 32.2. The highest BCUT2D eigenvalue weighted by Crippen LogP contribution is 2.66. The zero-order chi connectivity index (χ0) is 22.6. The summed E-state index contributed by atoms with van der Waals surface area (Å²) in [6.45, 7) is 4.05. The number of fused-ring (bicyclic) bond motifs is 5. The van der Waals surface area contributed by atoms with Crippen LogP contribution in [0.5, 0.6) is 0 Å². The maximum atomic E-state index is 13.6. The van der Waals surface area contributed by atoms with Crippen LogP contribution >= 0.6 is 11.8 Å². The molecule has 6 atom stereocenters. The standard InChI is InChI=1S/C24H32O6S/c1-22-8-6-15(25)10-14(22)4-5-16-17-7-9-24(29,19(27)12-31-13-20(28)30-3)23(17,2)11-18(26)21(16)22/h10,16-17,21,29H,4-9,11-13H2,1-3H3/t16-,17-,21+,22-,23-,24-/m0/s1. The molecule has 4 aliphatic carbocycles. The van der Waals surface area contributed by atoms with Crippen LogP contribution in [0.25, 0.3) is 0 Å². The predicted molar refractivity (Wildman–Crippen MR) is 116 cm³/mol. The van der Waals surface area contributed by atoms with Crippen LogP contribution in [0.1, 0.15) is 58.8 Å². The number of hydrogen-bond donors (Lipinski definition) is 1. The molecule has 4 rings (SSSR count). The average molecular weight is 449 g/mol. The second-order valence-corrected chi connectivity index (χ2v) is 11.3. The Bertz CT molecular complexity index is 864. The molecule has 4 aliphatic rings. The molecule has 170 valence electrons. The van der Waals surface area contributed by atoms with Crippen LogP contribution in [0, 0.1) is 28.6 Å². The van der Waals surface area contributed by atoms with Gasteiger partial charge in [-0.1, -0.05) is 19.4 Å². The number of thioether (sulfide) groups is 1. The Hall–Kier alpha value is -1.47. The van der Waals surface area contributed by atoms with Gasteiger partial charge in [0, 0.05) is 24.2 Å².